The van der Waals surface area contributed by atoms with Crippen LogP contribution < -0.4 is 16.0 Å². The van der Waals surface area contributed by atoms with Crippen LogP contribution in [-0.2, 0) is 0 Å². The third-order valence-corrected chi connectivity index (χ3v) is 3.05. The SMILES string of the molecule is COc1cc(-c2ccc3nc(N)[nH]c(=O)c3n2)ccc1O. The number of aromatic hydroxyl groups is 1. The first-order valence-electron chi connectivity index (χ1n) is 6.12. The summed E-state index contributed by atoms with van der Waals surface area (Å²) in [6.07, 6.45) is 0. The molecule has 3 aromatic rings. The van der Waals surface area contributed by atoms with Crippen LogP contribution in [0.25, 0.3) is 22.3 Å². The molecule has 0 spiro atoms. The maximum absolute atomic E-state index is 11.9. The smallest absolute Gasteiger partial charge is 0.278 e. The minimum atomic E-state index is -0.398. The highest BCUT2D eigenvalue weighted by atomic mass is 16.5. The van der Waals surface area contributed by atoms with E-state index >= 15 is 0 Å². The molecular formula is C14H12N4O3. The number of nitrogens with two attached hydrogens (primary N) is 1. The van der Waals surface area contributed by atoms with Gasteiger partial charge in [-0.15, -0.1) is 0 Å². The van der Waals surface area contributed by atoms with Gasteiger partial charge in [0.25, 0.3) is 5.56 Å². The maximum atomic E-state index is 11.9. The van der Waals surface area contributed by atoms with Gasteiger partial charge in [0.15, 0.2) is 17.0 Å². The van der Waals surface area contributed by atoms with Crippen LogP contribution in [0, 0.1) is 0 Å². The number of aromatic nitrogens is 3. The van der Waals surface area contributed by atoms with Gasteiger partial charge in [0, 0.05) is 5.56 Å². The maximum Gasteiger partial charge on any atom is 0.278 e. The van der Waals surface area contributed by atoms with Crippen molar-refractivity contribution in [2.45, 2.75) is 0 Å². The zero-order valence-corrected chi connectivity index (χ0v) is 11.1. The molecule has 0 radical (unpaired) electrons. The van der Waals surface area contributed by atoms with Crippen LogP contribution >= 0.6 is 0 Å². The van der Waals surface area contributed by atoms with Crippen LogP contribution in [0.4, 0.5) is 5.95 Å². The van der Waals surface area contributed by atoms with E-state index in [1.54, 1.807) is 24.3 Å². The molecule has 0 atom stereocenters. The number of hydrogen-bond acceptors (Lipinski definition) is 6. The number of ether oxygens (including phenoxy) is 1. The summed E-state index contributed by atoms with van der Waals surface area (Å²) in [4.78, 5) is 22.6. The van der Waals surface area contributed by atoms with Crippen molar-refractivity contribution >= 4 is 17.0 Å². The molecular weight excluding hydrogens is 272 g/mol. The first kappa shape index (κ1) is 12.9. The number of fused-ring (bicyclic) bond motifs is 1. The molecule has 0 saturated carbocycles. The van der Waals surface area contributed by atoms with E-state index < -0.39 is 5.56 Å². The monoisotopic (exact) mass is 284 g/mol. The van der Waals surface area contributed by atoms with Gasteiger partial charge in [-0.3, -0.25) is 9.78 Å². The highest BCUT2D eigenvalue weighted by Gasteiger charge is 2.09. The summed E-state index contributed by atoms with van der Waals surface area (Å²) in [5.74, 6) is 0.418. The molecule has 0 aliphatic heterocycles. The van der Waals surface area contributed by atoms with Crippen LogP contribution in [0.3, 0.4) is 0 Å². The lowest BCUT2D eigenvalue weighted by molar-refractivity contribution is 0.373. The van der Waals surface area contributed by atoms with Crippen molar-refractivity contribution in [2.24, 2.45) is 0 Å². The molecule has 3 rings (SSSR count). The molecule has 0 aliphatic rings. The Balaban J connectivity index is 2.19. The lowest BCUT2D eigenvalue weighted by Gasteiger charge is -2.07. The number of pyridine rings is 1. The number of hydrogen-bond donors (Lipinski definition) is 3. The van der Waals surface area contributed by atoms with Gasteiger partial charge in [0.1, 0.15) is 0 Å². The van der Waals surface area contributed by atoms with Crippen molar-refractivity contribution in [1.29, 1.82) is 0 Å². The van der Waals surface area contributed by atoms with Gasteiger partial charge in [-0.1, -0.05) is 0 Å². The number of H-pyrrole nitrogens is 1. The minimum absolute atomic E-state index is 0.0364. The molecule has 106 valence electrons. The fourth-order valence-electron chi connectivity index (χ4n) is 2.04. The largest absolute Gasteiger partial charge is 0.504 e. The Morgan fingerprint density at radius 1 is 1.24 bits per heavy atom. The van der Waals surface area contributed by atoms with Crippen molar-refractivity contribution in [3.8, 4) is 22.8 Å². The average Bonchev–Trinajstić information content (AvgIpc) is 2.47. The summed E-state index contributed by atoms with van der Waals surface area (Å²) < 4.78 is 5.06. The second-order valence-corrected chi connectivity index (χ2v) is 4.40. The third-order valence-electron chi connectivity index (χ3n) is 3.05. The summed E-state index contributed by atoms with van der Waals surface area (Å²) >= 11 is 0. The number of phenolic OH excluding ortho intramolecular Hbond substituents is 1. The third kappa shape index (κ3) is 2.25. The van der Waals surface area contributed by atoms with Gasteiger partial charge in [0.2, 0.25) is 5.95 Å². The van der Waals surface area contributed by atoms with E-state index in [2.05, 4.69) is 15.0 Å². The van der Waals surface area contributed by atoms with E-state index in [0.29, 0.717) is 22.5 Å². The molecule has 4 N–H and O–H groups in total. The lowest BCUT2D eigenvalue weighted by atomic mass is 10.1. The fraction of sp³-hybridized carbons (Fsp3) is 0.0714. The van der Waals surface area contributed by atoms with Crippen LogP contribution in [0.1, 0.15) is 0 Å². The van der Waals surface area contributed by atoms with E-state index in [4.69, 9.17) is 10.5 Å². The van der Waals surface area contributed by atoms with Gasteiger partial charge < -0.3 is 15.6 Å². The standard InChI is InChI=1S/C14H12N4O3/c1-21-11-6-7(2-5-10(11)19)8-3-4-9-12(16-8)13(20)18-14(15)17-9/h2-6,19H,1H3,(H3,15,17,18,20). The van der Waals surface area contributed by atoms with E-state index in [-0.39, 0.29) is 17.2 Å². The molecule has 0 saturated heterocycles. The summed E-state index contributed by atoms with van der Waals surface area (Å²) in [5, 5.41) is 9.60. The first-order valence-corrected chi connectivity index (χ1v) is 6.12. The van der Waals surface area contributed by atoms with Crippen LogP contribution in [0.2, 0.25) is 0 Å². The van der Waals surface area contributed by atoms with Gasteiger partial charge in [-0.2, -0.15) is 0 Å². The number of nitrogen functional groups attached to an aromatic ring is 1. The van der Waals surface area contributed by atoms with Crippen molar-refractivity contribution in [1.82, 2.24) is 15.0 Å². The first-order chi connectivity index (χ1) is 10.1. The van der Waals surface area contributed by atoms with Crippen LogP contribution in [-0.4, -0.2) is 27.2 Å². The molecule has 0 amide bonds. The fourth-order valence-corrected chi connectivity index (χ4v) is 2.04. The van der Waals surface area contributed by atoms with Crippen LogP contribution in [0.15, 0.2) is 35.1 Å². The number of anilines is 1. The topological polar surface area (TPSA) is 114 Å². The molecule has 7 heteroatoms. The van der Waals surface area contributed by atoms with Crippen LogP contribution in [0.5, 0.6) is 11.5 Å². The number of rotatable bonds is 2. The van der Waals surface area contributed by atoms with E-state index in [0.717, 1.165) is 0 Å². The Hall–Kier alpha value is -3.09. The van der Waals surface area contributed by atoms with Gasteiger partial charge in [-0.25, -0.2) is 9.97 Å². The molecule has 7 nitrogen and oxygen atoms in total. The molecule has 0 aliphatic carbocycles. The Kier molecular flexibility index (Phi) is 2.94. The molecule has 0 fully saturated rings. The number of methoxy groups -OCH3 is 1. The molecule has 2 aromatic heterocycles. The highest BCUT2D eigenvalue weighted by molar-refractivity contribution is 5.78. The molecule has 2 heterocycles. The van der Waals surface area contributed by atoms with Crippen molar-refractivity contribution in [3.05, 3.63) is 40.7 Å². The lowest BCUT2D eigenvalue weighted by Crippen LogP contribution is -2.12. The highest BCUT2D eigenvalue weighted by Crippen LogP contribution is 2.30. The summed E-state index contributed by atoms with van der Waals surface area (Å²) in [7, 11) is 1.46. The van der Waals surface area contributed by atoms with E-state index in [1.165, 1.54) is 13.2 Å². The Morgan fingerprint density at radius 3 is 2.81 bits per heavy atom. The van der Waals surface area contributed by atoms with Gasteiger partial charge in [-0.05, 0) is 30.3 Å². The average molecular weight is 284 g/mol. The predicted molar refractivity (Wildman–Crippen MR) is 78.2 cm³/mol. The van der Waals surface area contributed by atoms with E-state index in [1.807, 2.05) is 0 Å². The molecule has 21 heavy (non-hydrogen) atoms. The summed E-state index contributed by atoms with van der Waals surface area (Å²) in [6, 6.07) is 8.22. The number of aromatic amines is 1. The van der Waals surface area contributed by atoms with Gasteiger partial charge >= 0.3 is 0 Å². The van der Waals surface area contributed by atoms with Crippen molar-refractivity contribution in [2.75, 3.05) is 12.8 Å². The number of benzene rings is 1. The number of nitrogens with one attached hydrogen (secondary N) is 1. The number of phenols is 1. The quantitative estimate of drug-likeness (QED) is 0.653. The second-order valence-electron chi connectivity index (χ2n) is 4.40. The normalized spacial score (nSPS) is 10.7. The zero-order valence-electron chi connectivity index (χ0n) is 11.1. The van der Waals surface area contributed by atoms with Crippen molar-refractivity contribution in [3.63, 3.8) is 0 Å². The molecule has 0 bridgehead atoms. The van der Waals surface area contributed by atoms with Gasteiger partial charge in [0.05, 0.1) is 18.3 Å². The predicted octanol–water partition coefficient (Wildman–Crippen LogP) is 1.28. The summed E-state index contributed by atoms with van der Waals surface area (Å²) in [6.45, 7) is 0. The summed E-state index contributed by atoms with van der Waals surface area (Å²) in [5.41, 5.74) is 6.99. The Bertz CT molecular complexity index is 889. The Morgan fingerprint density at radius 2 is 2.05 bits per heavy atom. The van der Waals surface area contributed by atoms with Crippen molar-refractivity contribution < 1.29 is 9.84 Å². The van der Waals surface area contributed by atoms with E-state index in [9.17, 15) is 9.90 Å². The molecule has 1 aromatic carbocycles. The minimum Gasteiger partial charge on any atom is -0.504 e. The number of nitrogens with zero attached hydrogens (tertiary/aromatic N) is 2. The zero-order chi connectivity index (χ0) is 15.0. The second kappa shape index (κ2) is 4.78. The Labute approximate surface area is 119 Å². The molecule has 0 unspecified atom stereocenters.